The van der Waals surface area contributed by atoms with Gasteiger partial charge in [-0.15, -0.1) is 11.3 Å². The topological polar surface area (TPSA) is 63.0 Å². The van der Waals surface area contributed by atoms with Crippen LogP contribution in [0.4, 0.5) is 0 Å². The van der Waals surface area contributed by atoms with Gasteiger partial charge < -0.3 is 9.55 Å². The van der Waals surface area contributed by atoms with Crippen molar-refractivity contribution in [2.45, 2.75) is 6.54 Å². The molecule has 0 unspecified atom stereocenters. The van der Waals surface area contributed by atoms with Crippen molar-refractivity contribution in [3.63, 3.8) is 0 Å². The van der Waals surface area contributed by atoms with Crippen molar-refractivity contribution in [1.29, 1.82) is 0 Å². The lowest BCUT2D eigenvalue weighted by atomic mass is 10.2. The summed E-state index contributed by atoms with van der Waals surface area (Å²) in [4.78, 5) is 24.8. The monoisotopic (exact) mass is 334 g/mol. The van der Waals surface area contributed by atoms with Crippen LogP contribution in [0.5, 0.6) is 0 Å². The molecule has 0 aliphatic heterocycles. The fourth-order valence-electron chi connectivity index (χ4n) is 2.57. The Hall–Kier alpha value is -2.99. The predicted molar refractivity (Wildman–Crippen MR) is 93.8 cm³/mol. The summed E-state index contributed by atoms with van der Waals surface area (Å²) in [5.74, 6) is -0.265. The molecule has 1 amide bonds. The maximum atomic E-state index is 12.6. The maximum absolute atomic E-state index is 12.6. The molecule has 0 saturated carbocycles. The van der Waals surface area contributed by atoms with E-state index in [0.717, 1.165) is 5.39 Å². The van der Waals surface area contributed by atoms with E-state index in [2.05, 4.69) is 27.1 Å². The summed E-state index contributed by atoms with van der Waals surface area (Å²) in [6, 6.07) is 13.8. The first-order valence-electron chi connectivity index (χ1n) is 7.50. The number of thiazole rings is 1. The van der Waals surface area contributed by atoms with Crippen LogP contribution in [0.3, 0.4) is 0 Å². The first-order valence-corrected chi connectivity index (χ1v) is 8.38. The molecular formula is C18H14N4OS. The quantitative estimate of drug-likeness (QED) is 0.625. The lowest BCUT2D eigenvalue weighted by Gasteiger charge is -2.02. The van der Waals surface area contributed by atoms with Gasteiger partial charge in [0.25, 0.3) is 5.91 Å². The van der Waals surface area contributed by atoms with Gasteiger partial charge in [-0.25, -0.2) is 4.98 Å². The average molecular weight is 334 g/mol. The molecule has 1 aromatic carbocycles. The van der Waals surface area contributed by atoms with Gasteiger partial charge in [-0.1, -0.05) is 30.3 Å². The second-order valence-electron chi connectivity index (χ2n) is 5.32. The Morgan fingerprint density at radius 1 is 1.21 bits per heavy atom. The average Bonchev–Trinajstić information content (AvgIpc) is 3.23. The highest BCUT2D eigenvalue weighted by Gasteiger charge is 2.12. The van der Waals surface area contributed by atoms with Crippen LogP contribution in [0.15, 0.2) is 71.4 Å². The van der Waals surface area contributed by atoms with Crippen molar-refractivity contribution >= 4 is 28.3 Å². The van der Waals surface area contributed by atoms with Crippen LogP contribution in [-0.2, 0) is 6.54 Å². The fraction of sp³-hybridized carbons (Fsp3) is 0.0556. The lowest BCUT2D eigenvalue weighted by Crippen LogP contribution is -2.17. The summed E-state index contributed by atoms with van der Waals surface area (Å²) < 4.78 is 1.98. The Morgan fingerprint density at radius 3 is 2.96 bits per heavy atom. The van der Waals surface area contributed by atoms with Gasteiger partial charge in [0.1, 0.15) is 5.65 Å². The van der Waals surface area contributed by atoms with Crippen LogP contribution in [0, 0.1) is 0 Å². The van der Waals surface area contributed by atoms with E-state index in [1.807, 2.05) is 46.5 Å². The number of hydrogen-bond acceptors (Lipinski definition) is 3. The largest absolute Gasteiger partial charge is 0.345 e. The Balaban J connectivity index is 1.69. The minimum Gasteiger partial charge on any atom is -0.345 e. The molecule has 5 nitrogen and oxygen atoms in total. The molecular weight excluding hydrogens is 320 g/mol. The normalized spacial score (nSPS) is 11.9. The molecule has 118 valence electrons. The van der Waals surface area contributed by atoms with Crippen molar-refractivity contribution in [3.8, 4) is 0 Å². The number of aromatic amines is 1. The molecule has 0 radical (unpaired) electrons. The summed E-state index contributed by atoms with van der Waals surface area (Å²) >= 11 is 1.45. The van der Waals surface area contributed by atoms with E-state index >= 15 is 0 Å². The SMILES string of the molecule is O=C(/N=c1\sccn1Cc1ccccc1)c1c[nH]c2ncccc12. The van der Waals surface area contributed by atoms with Gasteiger partial charge in [-0.2, -0.15) is 4.99 Å². The molecule has 6 heteroatoms. The molecule has 3 heterocycles. The number of benzene rings is 1. The number of rotatable bonds is 3. The molecule has 0 saturated heterocycles. The molecule has 0 spiro atoms. The fourth-order valence-corrected chi connectivity index (χ4v) is 3.29. The van der Waals surface area contributed by atoms with E-state index in [1.165, 1.54) is 16.9 Å². The van der Waals surface area contributed by atoms with Crippen LogP contribution in [0.1, 0.15) is 15.9 Å². The molecule has 0 aliphatic rings. The third-order valence-electron chi connectivity index (χ3n) is 3.73. The zero-order chi connectivity index (χ0) is 16.4. The second kappa shape index (κ2) is 6.25. The van der Waals surface area contributed by atoms with E-state index in [4.69, 9.17) is 0 Å². The number of fused-ring (bicyclic) bond motifs is 1. The van der Waals surface area contributed by atoms with E-state index in [0.29, 0.717) is 22.6 Å². The first-order chi connectivity index (χ1) is 11.8. The van der Waals surface area contributed by atoms with E-state index < -0.39 is 0 Å². The number of carbonyl (C=O) groups excluding carboxylic acids is 1. The molecule has 3 aromatic heterocycles. The highest BCUT2D eigenvalue weighted by atomic mass is 32.1. The minimum atomic E-state index is -0.265. The standard InChI is InChI=1S/C18H14N4OS/c23-17(15-11-20-16-14(15)7-4-8-19-16)21-18-22(9-10-24-18)12-13-5-2-1-3-6-13/h1-11H,12H2,(H,19,20)/b21-18-. The van der Waals surface area contributed by atoms with Gasteiger partial charge in [0.05, 0.1) is 5.56 Å². The van der Waals surface area contributed by atoms with Crippen LogP contribution < -0.4 is 4.80 Å². The maximum Gasteiger partial charge on any atom is 0.281 e. The van der Waals surface area contributed by atoms with Crippen molar-refractivity contribution in [2.75, 3.05) is 0 Å². The molecule has 0 bridgehead atoms. The van der Waals surface area contributed by atoms with Crippen molar-refractivity contribution in [2.24, 2.45) is 4.99 Å². The summed E-state index contributed by atoms with van der Waals surface area (Å²) in [6.45, 7) is 0.686. The molecule has 1 N–H and O–H groups in total. The van der Waals surface area contributed by atoms with Crippen LogP contribution in [0.2, 0.25) is 0 Å². The first kappa shape index (κ1) is 14.6. The van der Waals surface area contributed by atoms with E-state index in [9.17, 15) is 4.79 Å². The molecule has 4 aromatic rings. The summed E-state index contributed by atoms with van der Waals surface area (Å²) in [5.41, 5.74) is 2.40. The predicted octanol–water partition coefficient (Wildman–Crippen LogP) is 3.22. The molecule has 0 aliphatic carbocycles. The number of nitrogens with zero attached hydrogens (tertiary/aromatic N) is 3. The molecule has 0 fully saturated rings. The lowest BCUT2D eigenvalue weighted by molar-refractivity contribution is 0.0999. The van der Waals surface area contributed by atoms with Gasteiger partial charge >= 0.3 is 0 Å². The van der Waals surface area contributed by atoms with Crippen LogP contribution >= 0.6 is 11.3 Å². The Labute approximate surface area is 142 Å². The summed E-state index contributed by atoms with van der Waals surface area (Å²) in [7, 11) is 0. The summed E-state index contributed by atoms with van der Waals surface area (Å²) in [6.07, 6.45) is 5.30. The van der Waals surface area contributed by atoms with Gasteiger partial charge in [0.2, 0.25) is 0 Å². The Morgan fingerprint density at radius 2 is 2.08 bits per heavy atom. The molecule has 0 atom stereocenters. The minimum absolute atomic E-state index is 0.265. The summed E-state index contributed by atoms with van der Waals surface area (Å²) in [5, 5.41) is 2.73. The zero-order valence-electron chi connectivity index (χ0n) is 12.7. The highest BCUT2D eigenvalue weighted by molar-refractivity contribution is 7.07. The Kier molecular flexibility index (Phi) is 3.80. The Bertz CT molecular complexity index is 1060. The van der Waals surface area contributed by atoms with Gasteiger partial charge in [-0.3, -0.25) is 4.79 Å². The molecule has 24 heavy (non-hydrogen) atoms. The number of carbonyl (C=O) groups is 1. The number of hydrogen-bond donors (Lipinski definition) is 1. The van der Waals surface area contributed by atoms with Gasteiger partial charge in [0, 0.05) is 35.9 Å². The van der Waals surface area contributed by atoms with Crippen molar-refractivity contribution < 1.29 is 4.79 Å². The smallest absolute Gasteiger partial charge is 0.281 e. The highest BCUT2D eigenvalue weighted by Crippen LogP contribution is 2.16. The number of aromatic nitrogens is 3. The van der Waals surface area contributed by atoms with Crippen LogP contribution in [0.25, 0.3) is 11.0 Å². The number of pyridine rings is 1. The third-order valence-corrected chi connectivity index (χ3v) is 4.53. The van der Waals surface area contributed by atoms with Crippen LogP contribution in [-0.4, -0.2) is 20.4 Å². The van der Waals surface area contributed by atoms with E-state index in [1.54, 1.807) is 12.4 Å². The van der Waals surface area contributed by atoms with E-state index in [-0.39, 0.29) is 5.91 Å². The van der Waals surface area contributed by atoms with Crippen molar-refractivity contribution in [1.82, 2.24) is 14.5 Å². The second-order valence-corrected chi connectivity index (χ2v) is 6.19. The number of amides is 1. The van der Waals surface area contributed by atoms with Gasteiger partial charge in [-0.05, 0) is 17.7 Å². The number of nitrogens with one attached hydrogen (secondary N) is 1. The van der Waals surface area contributed by atoms with Crippen molar-refractivity contribution in [3.05, 3.63) is 82.4 Å². The zero-order valence-corrected chi connectivity index (χ0v) is 13.5. The van der Waals surface area contributed by atoms with Gasteiger partial charge in [0.15, 0.2) is 4.80 Å². The molecule has 4 rings (SSSR count). The third kappa shape index (κ3) is 2.79. The number of H-pyrrole nitrogens is 1.